The predicted molar refractivity (Wildman–Crippen MR) is 73.4 cm³/mol. The van der Waals surface area contributed by atoms with Gasteiger partial charge >= 0.3 is 0 Å². The highest BCUT2D eigenvalue weighted by atomic mass is 35.5. The zero-order valence-electron chi connectivity index (χ0n) is 10.4. The third-order valence-corrected chi connectivity index (χ3v) is 5.51. The van der Waals surface area contributed by atoms with Crippen LogP contribution in [0.1, 0.15) is 6.92 Å². The molecular formula is C10H15ClN2O4S2. The summed E-state index contributed by atoms with van der Waals surface area (Å²) < 4.78 is 49.3. The number of sulfone groups is 1. The van der Waals surface area contributed by atoms with Crippen LogP contribution in [0, 0.1) is 0 Å². The first-order valence-electron chi connectivity index (χ1n) is 5.30. The van der Waals surface area contributed by atoms with E-state index in [-0.39, 0.29) is 21.4 Å². The summed E-state index contributed by atoms with van der Waals surface area (Å²) in [6.07, 6.45) is 0.989. The van der Waals surface area contributed by atoms with E-state index in [1.165, 1.54) is 12.1 Å². The van der Waals surface area contributed by atoms with Gasteiger partial charge in [-0.2, -0.15) is 0 Å². The van der Waals surface area contributed by atoms with Gasteiger partial charge in [-0.25, -0.2) is 21.6 Å². The van der Waals surface area contributed by atoms with Crippen molar-refractivity contribution < 1.29 is 16.8 Å². The Morgan fingerprint density at radius 2 is 1.89 bits per heavy atom. The molecule has 0 spiro atoms. The quantitative estimate of drug-likeness (QED) is 0.813. The van der Waals surface area contributed by atoms with Crippen LogP contribution < -0.4 is 10.5 Å². The van der Waals surface area contributed by atoms with Crippen molar-refractivity contribution in [2.24, 2.45) is 5.73 Å². The van der Waals surface area contributed by atoms with Crippen molar-refractivity contribution in [3.63, 3.8) is 0 Å². The maximum absolute atomic E-state index is 12.1. The van der Waals surface area contributed by atoms with E-state index in [9.17, 15) is 16.8 Å². The molecule has 0 fully saturated rings. The Morgan fingerprint density at radius 1 is 1.32 bits per heavy atom. The van der Waals surface area contributed by atoms with Crippen LogP contribution >= 0.6 is 11.6 Å². The molecule has 1 rings (SSSR count). The average molecular weight is 327 g/mol. The van der Waals surface area contributed by atoms with Gasteiger partial charge < -0.3 is 5.73 Å². The Labute approximate surface area is 117 Å². The van der Waals surface area contributed by atoms with Crippen LogP contribution in [0.5, 0.6) is 0 Å². The van der Waals surface area contributed by atoms with Gasteiger partial charge in [-0.05, 0) is 25.1 Å². The van der Waals surface area contributed by atoms with E-state index in [2.05, 4.69) is 4.72 Å². The van der Waals surface area contributed by atoms with Gasteiger partial charge in [-0.3, -0.25) is 0 Å². The number of hydrogen-bond donors (Lipinski definition) is 2. The Morgan fingerprint density at radius 3 is 2.37 bits per heavy atom. The molecule has 0 aliphatic carbocycles. The van der Waals surface area contributed by atoms with Crippen molar-refractivity contribution in [2.75, 3.05) is 12.8 Å². The summed E-state index contributed by atoms with van der Waals surface area (Å²) in [7, 11) is -7.42. The molecule has 0 aliphatic rings. The minimum Gasteiger partial charge on any atom is -0.329 e. The van der Waals surface area contributed by atoms with Crippen LogP contribution in [0.15, 0.2) is 28.0 Å². The Hall–Kier alpha value is -0.670. The zero-order valence-corrected chi connectivity index (χ0v) is 12.8. The maximum atomic E-state index is 12.1. The number of nitrogens with two attached hydrogens (primary N) is 1. The van der Waals surface area contributed by atoms with Crippen molar-refractivity contribution in [1.29, 1.82) is 0 Å². The van der Waals surface area contributed by atoms with E-state index in [1.807, 2.05) is 0 Å². The number of rotatable bonds is 5. The molecule has 0 aliphatic heterocycles. The normalized spacial score (nSPS) is 14.3. The topological polar surface area (TPSA) is 106 Å². The summed E-state index contributed by atoms with van der Waals surface area (Å²) in [5.41, 5.74) is 5.34. The lowest BCUT2D eigenvalue weighted by atomic mass is 10.4. The highest BCUT2D eigenvalue weighted by Gasteiger charge is 2.22. The molecule has 6 nitrogen and oxygen atoms in total. The monoisotopic (exact) mass is 326 g/mol. The minimum absolute atomic E-state index is 0.0517. The lowest BCUT2D eigenvalue weighted by Gasteiger charge is -2.13. The summed E-state index contributed by atoms with van der Waals surface area (Å²) in [6, 6.07) is 3.04. The van der Waals surface area contributed by atoms with Crippen molar-refractivity contribution in [2.45, 2.75) is 22.8 Å². The van der Waals surface area contributed by atoms with Crippen molar-refractivity contribution >= 4 is 31.5 Å². The van der Waals surface area contributed by atoms with Gasteiger partial charge in [-0.1, -0.05) is 11.6 Å². The Kier molecular flexibility index (Phi) is 4.97. The molecule has 1 aromatic carbocycles. The molecular weight excluding hydrogens is 312 g/mol. The minimum atomic E-state index is -3.91. The molecule has 1 aromatic rings. The smallest absolute Gasteiger partial charge is 0.242 e. The third-order valence-electron chi connectivity index (χ3n) is 2.33. The molecule has 1 unspecified atom stereocenters. The van der Waals surface area contributed by atoms with Gasteiger partial charge in [0.2, 0.25) is 10.0 Å². The summed E-state index contributed by atoms with van der Waals surface area (Å²) in [4.78, 5) is -0.393. The van der Waals surface area contributed by atoms with E-state index in [0.717, 1.165) is 12.3 Å². The van der Waals surface area contributed by atoms with Gasteiger partial charge in [0.15, 0.2) is 9.84 Å². The molecule has 0 bridgehead atoms. The molecule has 0 aromatic heterocycles. The van der Waals surface area contributed by atoms with Gasteiger partial charge in [0, 0.05) is 18.8 Å². The number of benzene rings is 1. The first-order chi connectivity index (χ1) is 8.58. The first-order valence-corrected chi connectivity index (χ1v) is 9.05. The van der Waals surface area contributed by atoms with Crippen LogP contribution in [0.25, 0.3) is 0 Å². The highest BCUT2D eigenvalue weighted by Crippen LogP contribution is 2.24. The number of halogens is 1. The summed E-state index contributed by atoms with van der Waals surface area (Å²) in [6.45, 7) is 1.70. The molecule has 1 atom stereocenters. The van der Waals surface area contributed by atoms with Gasteiger partial charge in [0.1, 0.15) is 4.90 Å². The second-order valence-electron chi connectivity index (χ2n) is 4.12. The molecule has 0 radical (unpaired) electrons. The molecule has 0 heterocycles. The van der Waals surface area contributed by atoms with Crippen molar-refractivity contribution in [3.8, 4) is 0 Å². The fourth-order valence-corrected chi connectivity index (χ4v) is 3.80. The maximum Gasteiger partial charge on any atom is 0.242 e. The molecule has 19 heavy (non-hydrogen) atoms. The van der Waals surface area contributed by atoms with E-state index >= 15 is 0 Å². The van der Waals surface area contributed by atoms with Gasteiger partial charge in [0.05, 0.1) is 9.92 Å². The molecule has 0 amide bonds. The molecule has 9 heteroatoms. The highest BCUT2D eigenvalue weighted by molar-refractivity contribution is 7.91. The fourth-order valence-electron chi connectivity index (χ4n) is 1.30. The van der Waals surface area contributed by atoms with Crippen LogP contribution in [-0.4, -0.2) is 35.7 Å². The zero-order chi connectivity index (χ0) is 14.8. The summed E-state index contributed by atoms with van der Waals surface area (Å²) in [5, 5.41) is -0.0517. The van der Waals surface area contributed by atoms with Gasteiger partial charge in [0.25, 0.3) is 0 Å². The van der Waals surface area contributed by atoms with Crippen molar-refractivity contribution in [1.82, 2.24) is 4.72 Å². The lowest BCUT2D eigenvalue weighted by molar-refractivity contribution is 0.562. The molecule has 3 N–H and O–H groups in total. The molecule has 108 valence electrons. The van der Waals surface area contributed by atoms with Crippen LogP contribution in [0.2, 0.25) is 5.02 Å². The SMILES string of the molecule is CC(CN)NS(=O)(=O)c1cc(S(C)(=O)=O)ccc1Cl. The summed E-state index contributed by atoms with van der Waals surface area (Å²) in [5.74, 6) is 0. The van der Waals surface area contributed by atoms with Crippen LogP contribution in [-0.2, 0) is 19.9 Å². The standard InChI is InChI=1S/C10H15ClN2O4S2/c1-7(6-12)13-19(16,17)10-5-8(18(2,14)15)3-4-9(10)11/h3-5,7,13H,6,12H2,1-2H3. The van der Waals surface area contributed by atoms with Crippen molar-refractivity contribution in [3.05, 3.63) is 23.2 Å². The number of sulfonamides is 1. The van der Waals surface area contributed by atoms with Crippen LogP contribution in [0.3, 0.4) is 0 Å². The first kappa shape index (κ1) is 16.4. The number of hydrogen-bond acceptors (Lipinski definition) is 5. The van der Waals surface area contributed by atoms with E-state index in [4.69, 9.17) is 17.3 Å². The van der Waals surface area contributed by atoms with E-state index in [1.54, 1.807) is 6.92 Å². The van der Waals surface area contributed by atoms with E-state index in [0.29, 0.717) is 0 Å². The third kappa shape index (κ3) is 4.15. The second kappa shape index (κ2) is 5.76. The average Bonchev–Trinajstić information content (AvgIpc) is 2.26. The van der Waals surface area contributed by atoms with Gasteiger partial charge in [-0.15, -0.1) is 0 Å². The van der Waals surface area contributed by atoms with E-state index < -0.39 is 25.9 Å². The molecule has 0 saturated heterocycles. The lowest BCUT2D eigenvalue weighted by Crippen LogP contribution is -2.37. The predicted octanol–water partition coefficient (Wildman–Crippen LogP) is 0.369. The Bertz CT molecular complexity index is 671. The number of nitrogens with one attached hydrogen (secondary N) is 1. The second-order valence-corrected chi connectivity index (χ2v) is 8.23. The fraction of sp³-hybridized carbons (Fsp3) is 0.400. The Balaban J connectivity index is 3.34. The van der Waals surface area contributed by atoms with Crippen LogP contribution in [0.4, 0.5) is 0 Å². The molecule has 0 saturated carbocycles. The summed E-state index contributed by atoms with van der Waals surface area (Å²) >= 11 is 5.81. The largest absolute Gasteiger partial charge is 0.329 e.